The van der Waals surface area contributed by atoms with Gasteiger partial charge in [-0.3, -0.25) is 4.79 Å². The Balaban J connectivity index is 1.83. The Morgan fingerprint density at radius 1 is 1.18 bits per heavy atom. The zero-order valence-corrected chi connectivity index (χ0v) is 13.8. The summed E-state index contributed by atoms with van der Waals surface area (Å²) in [4.78, 5) is 15.3. The molecule has 1 aliphatic carbocycles. The smallest absolute Gasteiger partial charge is 0.316 e. The van der Waals surface area contributed by atoms with Crippen LogP contribution in [0.1, 0.15) is 44.6 Å². The lowest BCUT2D eigenvalue weighted by Gasteiger charge is -2.34. The molecule has 0 aromatic heterocycles. The molecule has 0 bridgehead atoms. The molecule has 1 aromatic carbocycles. The maximum absolute atomic E-state index is 13.1. The van der Waals surface area contributed by atoms with Crippen molar-refractivity contribution in [3.05, 3.63) is 35.9 Å². The second-order valence-corrected chi connectivity index (χ2v) is 7.13. The summed E-state index contributed by atoms with van der Waals surface area (Å²) < 4.78 is 5.93. The van der Waals surface area contributed by atoms with E-state index < -0.39 is 5.41 Å². The van der Waals surface area contributed by atoms with E-state index >= 15 is 0 Å². The summed E-state index contributed by atoms with van der Waals surface area (Å²) in [6.07, 6.45) is 5.73. The van der Waals surface area contributed by atoms with E-state index in [1.54, 1.807) is 0 Å². The molecule has 0 amide bonds. The number of nitrogens with zero attached hydrogens (tertiary/aromatic N) is 1. The highest BCUT2D eigenvalue weighted by molar-refractivity contribution is 5.83. The summed E-state index contributed by atoms with van der Waals surface area (Å²) in [6.45, 7) is 3.98. The molecule has 3 rings (SSSR count). The van der Waals surface area contributed by atoms with Gasteiger partial charge < -0.3 is 9.64 Å². The number of benzene rings is 1. The lowest BCUT2D eigenvalue weighted by molar-refractivity contribution is -0.157. The monoisotopic (exact) mass is 301 g/mol. The van der Waals surface area contributed by atoms with Crippen LogP contribution in [0, 0.1) is 5.92 Å². The second kappa shape index (κ2) is 6.41. The summed E-state index contributed by atoms with van der Waals surface area (Å²) in [6, 6.07) is 10.2. The summed E-state index contributed by atoms with van der Waals surface area (Å²) >= 11 is 0. The van der Waals surface area contributed by atoms with Gasteiger partial charge in [-0.25, -0.2) is 0 Å². The first-order valence-electron chi connectivity index (χ1n) is 8.56. The van der Waals surface area contributed by atoms with Crippen molar-refractivity contribution in [1.29, 1.82) is 0 Å². The van der Waals surface area contributed by atoms with Gasteiger partial charge in [-0.2, -0.15) is 0 Å². The molecule has 2 aliphatic rings. The van der Waals surface area contributed by atoms with Crippen molar-refractivity contribution in [3.63, 3.8) is 0 Å². The SMILES string of the molecule is CN1CCC(OC(=O)[C@](C)(c2ccccc2)C2CCCC2)C1. The molecule has 2 fully saturated rings. The van der Waals surface area contributed by atoms with Crippen LogP contribution in [0.15, 0.2) is 30.3 Å². The van der Waals surface area contributed by atoms with Crippen molar-refractivity contribution in [2.24, 2.45) is 5.92 Å². The molecule has 120 valence electrons. The molecule has 22 heavy (non-hydrogen) atoms. The molecule has 3 heteroatoms. The molecule has 1 aromatic rings. The fourth-order valence-corrected chi connectivity index (χ4v) is 4.07. The quantitative estimate of drug-likeness (QED) is 0.799. The van der Waals surface area contributed by atoms with Crippen molar-refractivity contribution < 1.29 is 9.53 Å². The van der Waals surface area contributed by atoms with Crippen LogP contribution >= 0.6 is 0 Å². The number of likely N-dealkylation sites (N-methyl/N-ethyl adjacent to an activating group) is 1. The van der Waals surface area contributed by atoms with Gasteiger partial charge >= 0.3 is 5.97 Å². The Labute approximate surface area is 133 Å². The molecule has 2 atom stereocenters. The molecular weight excluding hydrogens is 274 g/mol. The fourth-order valence-electron chi connectivity index (χ4n) is 4.07. The predicted molar refractivity (Wildman–Crippen MR) is 87.7 cm³/mol. The second-order valence-electron chi connectivity index (χ2n) is 7.13. The topological polar surface area (TPSA) is 29.5 Å². The van der Waals surface area contributed by atoms with Gasteiger partial charge in [0.25, 0.3) is 0 Å². The van der Waals surface area contributed by atoms with Crippen molar-refractivity contribution >= 4 is 5.97 Å². The van der Waals surface area contributed by atoms with Gasteiger partial charge in [-0.15, -0.1) is 0 Å². The van der Waals surface area contributed by atoms with Gasteiger partial charge in [-0.05, 0) is 44.7 Å². The molecule has 3 nitrogen and oxygen atoms in total. The van der Waals surface area contributed by atoms with Crippen molar-refractivity contribution in [2.45, 2.75) is 50.5 Å². The molecule has 1 heterocycles. The summed E-state index contributed by atoms with van der Waals surface area (Å²) in [5.74, 6) is 0.382. The Morgan fingerprint density at radius 2 is 1.86 bits per heavy atom. The van der Waals surface area contributed by atoms with Gasteiger partial charge in [-0.1, -0.05) is 43.2 Å². The minimum absolute atomic E-state index is 0.0223. The molecule has 0 N–H and O–H groups in total. The Hall–Kier alpha value is -1.35. The third-order valence-corrected chi connectivity index (χ3v) is 5.59. The van der Waals surface area contributed by atoms with Gasteiger partial charge in [0.05, 0.1) is 5.41 Å². The van der Waals surface area contributed by atoms with Crippen LogP contribution in [0.4, 0.5) is 0 Å². The van der Waals surface area contributed by atoms with Crippen LogP contribution in [-0.2, 0) is 14.9 Å². The van der Waals surface area contributed by atoms with Crippen molar-refractivity contribution in [2.75, 3.05) is 20.1 Å². The minimum Gasteiger partial charge on any atom is -0.460 e. The van der Waals surface area contributed by atoms with Crippen molar-refractivity contribution in [3.8, 4) is 0 Å². The van der Waals surface area contributed by atoms with Gasteiger partial charge in [0.2, 0.25) is 0 Å². The van der Waals surface area contributed by atoms with E-state index in [1.165, 1.54) is 12.8 Å². The third kappa shape index (κ3) is 2.91. The highest BCUT2D eigenvalue weighted by Gasteiger charge is 2.46. The minimum atomic E-state index is -0.501. The van der Waals surface area contributed by atoms with E-state index in [1.807, 2.05) is 18.2 Å². The molecule has 1 aliphatic heterocycles. The van der Waals surface area contributed by atoms with E-state index in [0.717, 1.165) is 37.9 Å². The Kier molecular flexibility index (Phi) is 4.53. The number of ether oxygens (including phenoxy) is 1. The zero-order valence-electron chi connectivity index (χ0n) is 13.8. The van der Waals surface area contributed by atoms with E-state index in [0.29, 0.717) is 5.92 Å². The summed E-state index contributed by atoms with van der Waals surface area (Å²) in [5, 5.41) is 0. The number of esters is 1. The van der Waals surface area contributed by atoms with Crippen molar-refractivity contribution in [1.82, 2.24) is 4.90 Å². The van der Waals surface area contributed by atoms with Crippen LogP contribution in [0.3, 0.4) is 0 Å². The van der Waals surface area contributed by atoms with Gasteiger partial charge in [0, 0.05) is 13.1 Å². The summed E-state index contributed by atoms with van der Waals surface area (Å²) in [7, 11) is 2.08. The number of hydrogen-bond acceptors (Lipinski definition) is 3. The lowest BCUT2D eigenvalue weighted by Crippen LogP contribution is -2.42. The lowest BCUT2D eigenvalue weighted by atomic mass is 9.71. The fraction of sp³-hybridized carbons (Fsp3) is 0.632. The Bertz CT molecular complexity index is 509. The van der Waals surface area contributed by atoms with Gasteiger partial charge in [0.1, 0.15) is 6.10 Å². The van der Waals surface area contributed by atoms with E-state index in [-0.39, 0.29) is 12.1 Å². The van der Waals surface area contributed by atoms with Crippen LogP contribution < -0.4 is 0 Å². The van der Waals surface area contributed by atoms with Crippen LogP contribution in [0.2, 0.25) is 0 Å². The average Bonchev–Trinajstić information content (AvgIpc) is 3.19. The highest BCUT2D eigenvalue weighted by atomic mass is 16.5. The molecule has 0 spiro atoms. The first-order chi connectivity index (χ1) is 10.6. The standard InChI is InChI=1S/C19H27NO2/c1-19(16-10-6-7-11-16,15-8-4-3-5-9-15)18(21)22-17-12-13-20(2)14-17/h3-5,8-9,16-17H,6-7,10-14H2,1-2H3/t17?,19-/m1/s1. The number of carbonyl (C=O) groups excluding carboxylic acids is 1. The maximum Gasteiger partial charge on any atom is 0.316 e. The maximum atomic E-state index is 13.1. The molecule has 1 saturated carbocycles. The zero-order chi connectivity index (χ0) is 15.6. The third-order valence-electron chi connectivity index (χ3n) is 5.59. The van der Waals surface area contributed by atoms with E-state index in [2.05, 4.69) is 31.0 Å². The first kappa shape index (κ1) is 15.5. The van der Waals surface area contributed by atoms with Crippen LogP contribution in [0.5, 0.6) is 0 Å². The van der Waals surface area contributed by atoms with Gasteiger partial charge in [0.15, 0.2) is 0 Å². The molecular formula is C19H27NO2. The molecule has 1 unspecified atom stereocenters. The number of likely N-dealkylation sites (tertiary alicyclic amines) is 1. The van der Waals surface area contributed by atoms with E-state index in [4.69, 9.17) is 4.74 Å². The number of rotatable bonds is 4. The number of hydrogen-bond donors (Lipinski definition) is 0. The largest absolute Gasteiger partial charge is 0.460 e. The predicted octanol–water partition coefficient (Wildman–Crippen LogP) is 3.38. The number of carbonyl (C=O) groups is 1. The Morgan fingerprint density at radius 3 is 2.45 bits per heavy atom. The molecule has 1 saturated heterocycles. The normalized spacial score (nSPS) is 26.0. The highest BCUT2D eigenvalue weighted by Crippen LogP contribution is 2.43. The van der Waals surface area contributed by atoms with E-state index in [9.17, 15) is 4.79 Å². The average molecular weight is 301 g/mol. The molecule has 0 radical (unpaired) electrons. The van der Waals surface area contributed by atoms with Crippen LogP contribution in [0.25, 0.3) is 0 Å². The van der Waals surface area contributed by atoms with Crippen LogP contribution in [-0.4, -0.2) is 37.1 Å². The first-order valence-corrected chi connectivity index (χ1v) is 8.56. The summed E-state index contributed by atoms with van der Waals surface area (Å²) in [5.41, 5.74) is 0.608.